The van der Waals surface area contributed by atoms with Gasteiger partial charge in [-0.25, -0.2) is 22.8 Å². The quantitative estimate of drug-likeness (QED) is 0.738. The molecule has 2 aromatic rings. The van der Waals surface area contributed by atoms with Gasteiger partial charge >= 0.3 is 0 Å². The highest BCUT2D eigenvalue weighted by atomic mass is 79.9. The molecule has 0 spiro atoms. The van der Waals surface area contributed by atoms with Gasteiger partial charge in [-0.1, -0.05) is 6.08 Å². The van der Waals surface area contributed by atoms with Gasteiger partial charge in [-0.05, 0) is 35.1 Å². The summed E-state index contributed by atoms with van der Waals surface area (Å²) in [4.78, 5) is 5.90. The topological polar surface area (TPSA) is 106 Å². The molecule has 0 saturated carbocycles. The van der Waals surface area contributed by atoms with E-state index in [4.69, 9.17) is 5.73 Å². The van der Waals surface area contributed by atoms with Crippen LogP contribution in [-0.2, 0) is 10.0 Å². The van der Waals surface area contributed by atoms with Crippen molar-refractivity contribution in [1.82, 2.24) is 24.4 Å². The van der Waals surface area contributed by atoms with Crippen LogP contribution in [0.5, 0.6) is 0 Å². The summed E-state index contributed by atoms with van der Waals surface area (Å²) in [7, 11) is -0.129. The molecule has 24 heavy (non-hydrogen) atoms. The van der Waals surface area contributed by atoms with Crippen molar-refractivity contribution in [1.29, 1.82) is 0 Å². The zero-order valence-corrected chi connectivity index (χ0v) is 15.9. The maximum Gasteiger partial charge on any atom is 0.244 e. The molecule has 1 atom stereocenters. The molecule has 0 bridgehead atoms. The van der Waals surface area contributed by atoms with E-state index in [2.05, 4.69) is 30.7 Å². The highest BCUT2D eigenvalue weighted by Crippen LogP contribution is 2.21. The van der Waals surface area contributed by atoms with Crippen LogP contribution < -0.4 is 10.5 Å². The number of aromatic nitrogens is 3. The fraction of sp³-hybridized carbons (Fsp3) is 0.286. The lowest BCUT2D eigenvalue weighted by Crippen LogP contribution is -2.32. The van der Waals surface area contributed by atoms with Crippen molar-refractivity contribution in [3.05, 3.63) is 41.4 Å². The molecule has 3 N–H and O–H groups in total. The lowest BCUT2D eigenvalue weighted by molar-refractivity contribution is 0.552. The van der Waals surface area contributed by atoms with E-state index >= 15 is 0 Å². The summed E-state index contributed by atoms with van der Waals surface area (Å²) in [6, 6.07) is 0.957. The zero-order valence-electron chi connectivity index (χ0n) is 13.5. The summed E-state index contributed by atoms with van der Waals surface area (Å²) < 4.78 is 30.1. The van der Waals surface area contributed by atoms with Crippen LogP contribution in [0.15, 0.2) is 46.3 Å². The molecule has 10 heteroatoms. The van der Waals surface area contributed by atoms with Crippen molar-refractivity contribution in [2.24, 2.45) is 0 Å². The van der Waals surface area contributed by atoms with Crippen LogP contribution in [0.1, 0.15) is 6.92 Å². The molecule has 2 rings (SSSR count). The Balaban J connectivity index is 2.41. The van der Waals surface area contributed by atoms with E-state index in [0.29, 0.717) is 4.47 Å². The lowest BCUT2D eigenvalue weighted by atomic mass is 10.3. The number of hydrogen-bond acceptors (Lipinski definition) is 6. The van der Waals surface area contributed by atoms with Gasteiger partial charge in [-0.2, -0.15) is 5.10 Å². The third-order valence-electron chi connectivity index (χ3n) is 2.93. The molecular weight excluding hydrogens is 396 g/mol. The minimum absolute atomic E-state index is 0.0387. The summed E-state index contributed by atoms with van der Waals surface area (Å²) in [6.45, 7) is 1.74. The van der Waals surface area contributed by atoms with Crippen LogP contribution >= 0.6 is 15.9 Å². The second-order valence-corrected chi connectivity index (χ2v) is 8.01. The summed E-state index contributed by atoms with van der Waals surface area (Å²) in [5, 5.41) is 4.08. The van der Waals surface area contributed by atoms with Crippen molar-refractivity contribution in [3.63, 3.8) is 0 Å². The van der Waals surface area contributed by atoms with Gasteiger partial charge in [0.1, 0.15) is 4.90 Å². The number of rotatable bonds is 6. The molecule has 0 radical (unpaired) electrons. The van der Waals surface area contributed by atoms with E-state index in [1.54, 1.807) is 31.6 Å². The Labute approximate surface area is 149 Å². The maximum atomic E-state index is 12.7. The van der Waals surface area contributed by atoms with E-state index in [0.717, 1.165) is 0 Å². The van der Waals surface area contributed by atoms with Gasteiger partial charge in [0.25, 0.3) is 0 Å². The number of nitrogen functional groups attached to an aromatic ring is 1. The summed E-state index contributed by atoms with van der Waals surface area (Å²) >= 11 is 3.28. The van der Waals surface area contributed by atoms with Crippen LogP contribution in [0.2, 0.25) is 0 Å². The minimum Gasteiger partial charge on any atom is -0.397 e. The number of halogens is 1. The molecule has 130 valence electrons. The first kappa shape index (κ1) is 18.4. The molecule has 0 aliphatic rings. The summed E-state index contributed by atoms with van der Waals surface area (Å²) in [5.41, 5.74) is 5.97. The van der Waals surface area contributed by atoms with E-state index < -0.39 is 16.1 Å². The predicted molar refractivity (Wildman–Crippen MR) is 96.1 cm³/mol. The number of nitrogens with one attached hydrogen (secondary N) is 1. The normalized spacial score (nSPS) is 13.3. The Morgan fingerprint density at radius 2 is 2.12 bits per heavy atom. The monoisotopic (exact) mass is 414 g/mol. The van der Waals surface area contributed by atoms with Gasteiger partial charge in [0.15, 0.2) is 5.82 Å². The maximum absolute atomic E-state index is 12.7. The van der Waals surface area contributed by atoms with E-state index in [-0.39, 0.29) is 16.4 Å². The van der Waals surface area contributed by atoms with Crippen molar-refractivity contribution in [2.75, 3.05) is 19.8 Å². The van der Waals surface area contributed by atoms with E-state index in [9.17, 15) is 8.42 Å². The largest absolute Gasteiger partial charge is 0.397 e. The molecule has 2 heterocycles. The number of hydrogen-bond donors (Lipinski definition) is 2. The molecular formula is C14H19BrN6O2S. The minimum atomic E-state index is -3.84. The van der Waals surface area contributed by atoms with E-state index in [1.165, 1.54) is 16.9 Å². The highest BCUT2D eigenvalue weighted by molar-refractivity contribution is 9.10. The van der Waals surface area contributed by atoms with Gasteiger partial charge < -0.3 is 10.6 Å². The van der Waals surface area contributed by atoms with Crippen LogP contribution in [0.3, 0.4) is 0 Å². The molecule has 0 saturated heterocycles. The summed E-state index contributed by atoms with van der Waals surface area (Å²) in [6.07, 6.45) is 8.06. The first-order valence-electron chi connectivity index (χ1n) is 7.02. The van der Waals surface area contributed by atoms with E-state index in [1.807, 2.05) is 19.0 Å². The second-order valence-electron chi connectivity index (χ2n) is 5.41. The molecule has 0 aliphatic carbocycles. The summed E-state index contributed by atoms with van der Waals surface area (Å²) in [5.74, 6) is 0.172. The first-order valence-corrected chi connectivity index (χ1v) is 9.30. The van der Waals surface area contributed by atoms with Gasteiger partial charge in [-0.15, -0.1) is 0 Å². The van der Waals surface area contributed by atoms with Crippen molar-refractivity contribution in [2.45, 2.75) is 17.9 Å². The Bertz CT molecular complexity index is 847. The first-order chi connectivity index (χ1) is 11.2. The molecule has 0 aromatic carbocycles. The molecule has 0 fully saturated rings. The second kappa shape index (κ2) is 7.32. The average Bonchev–Trinajstić information content (AvgIpc) is 2.91. The Morgan fingerprint density at radius 1 is 1.42 bits per heavy atom. The van der Waals surface area contributed by atoms with Gasteiger partial charge in [0, 0.05) is 26.3 Å². The Kier molecular flexibility index (Phi) is 5.62. The van der Waals surface area contributed by atoms with Gasteiger partial charge in [0.2, 0.25) is 10.0 Å². The molecule has 2 aromatic heterocycles. The van der Waals surface area contributed by atoms with Gasteiger partial charge in [0.05, 0.1) is 22.6 Å². The van der Waals surface area contributed by atoms with Crippen molar-refractivity contribution in [3.8, 4) is 5.82 Å². The number of sulfonamides is 1. The molecule has 1 unspecified atom stereocenters. The van der Waals surface area contributed by atoms with Crippen molar-refractivity contribution >= 4 is 31.6 Å². The number of pyridine rings is 1. The molecule has 0 amide bonds. The smallest absolute Gasteiger partial charge is 0.244 e. The molecule has 8 nitrogen and oxygen atoms in total. The van der Waals surface area contributed by atoms with Crippen LogP contribution in [-0.4, -0.2) is 48.2 Å². The fourth-order valence-corrected chi connectivity index (χ4v) is 3.55. The SMILES string of the molecule is CC(/C=C\N(C)C)NS(=O)(=O)c1cc(N)cnc1-n1cc(Br)cn1. The third kappa shape index (κ3) is 4.56. The van der Waals surface area contributed by atoms with Crippen LogP contribution in [0, 0.1) is 0 Å². The average molecular weight is 415 g/mol. The van der Waals surface area contributed by atoms with Gasteiger partial charge in [-0.3, -0.25) is 0 Å². The number of anilines is 1. The van der Waals surface area contributed by atoms with Crippen LogP contribution in [0.4, 0.5) is 5.69 Å². The van der Waals surface area contributed by atoms with Crippen molar-refractivity contribution < 1.29 is 8.42 Å². The number of nitrogens with two attached hydrogens (primary N) is 1. The Hall–Kier alpha value is -1.91. The standard InChI is InChI=1S/C14H19BrN6O2S/c1-10(4-5-20(2)3)19-24(22,23)13-6-12(16)8-17-14(13)21-9-11(15)7-18-21/h4-10,19H,16H2,1-3H3/b5-4-. The zero-order chi connectivity index (χ0) is 17.9. The molecule has 0 aliphatic heterocycles. The number of nitrogens with zero attached hydrogens (tertiary/aromatic N) is 4. The highest BCUT2D eigenvalue weighted by Gasteiger charge is 2.23. The third-order valence-corrected chi connectivity index (χ3v) is 4.90. The Morgan fingerprint density at radius 3 is 2.71 bits per heavy atom. The fourth-order valence-electron chi connectivity index (χ4n) is 1.89. The lowest BCUT2D eigenvalue weighted by Gasteiger charge is -2.14. The van der Waals surface area contributed by atoms with Crippen LogP contribution in [0.25, 0.3) is 5.82 Å². The predicted octanol–water partition coefficient (Wildman–Crippen LogP) is 1.35.